The van der Waals surface area contributed by atoms with E-state index < -0.39 is 11.4 Å². The van der Waals surface area contributed by atoms with Crippen LogP contribution in [0, 0.1) is 56.7 Å². The zero-order chi connectivity index (χ0) is 24.2. The van der Waals surface area contributed by atoms with E-state index in [-0.39, 0.29) is 33.7 Å². The molecule has 5 aliphatic rings. The lowest BCUT2D eigenvalue weighted by Crippen LogP contribution is -2.67. The molecule has 5 rings (SSSR count). The van der Waals surface area contributed by atoms with E-state index in [0.29, 0.717) is 23.7 Å². The number of carboxylic acid groups (broad SMARTS) is 1. The fourth-order valence-corrected chi connectivity index (χ4v) is 11.5. The Bertz CT molecular complexity index is 861. The first-order valence-electron chi connectivity index (χ1n) is 13.8. The van der Waals surface area contributed by atoms with Crippen molar-refractivity contribution in [2.75, 3.05) is 0 Å². The van der Waals surface area contributed by atoms with E-state index in [1.807, 2.05) is 0 Å². The number of fused-ring (bicyclic) bond motifs is 7. The van der Waals surface area contributed by atoms with Crippen LogP contribution in [0.15, 0.2) is 12.2 Å². The molecule has 0 unspecified atom stereocenters. The van der Waals surface area contributed by atoms with Crippen molar-refractivity contribution in [2.24, 2.45) is 56.7 Å². The molecular weight excluding hydrogens is 408 g/mol. The summed E-state index contributed by atoms with van der Waals surface area (Å²) in [5, 5.41) is 21.4. The van der Waals surface area contributed by atoms with Crippen molar-refractivity contribution in [2.45, 2.75) is 112 Å². The fourth-order valence-electron chi connectivity index (χ4n) is 11.5. The third-order valence-electron chi connectivity index (χ3n) is 13.5. The maximum Gasteiger partial charge on any atom is 0.309 e. The van der Waals surface area contributed by atoms with E-state index in [1.54, 1.807) is 0 Å². The molecule has 186 valence electrons. The van der Waals surface area contributed by atoms with Crippen molar-refractivity contribution in [3.05, 3.63) is 12.2 Å². The molecule has 0 amide bonds. The largest absolute Gasteiger partial charge is 0.481 e. The minimum Gasteiger partial charge on any atom is -0.481 e. The van der Waals surface area contributed by atoms with Gasteiger partial charge in [-0.15, -0.1) is 0 Å². The van der Waals surface area contributed by atoms with Crippen molar-refractivity contribution in [3.63, 3.8) is 0 Å². The monoisotopic (exact) mass is 456 g/mol. The molecular formula is C30H48O3. The normalized spacial score (nSPS) is 55.0. The zero-order valence-electron chi connectivity index (χ0n) is 22.0. The van der Waals surface area contributed by atoms with Crippen LogP contribution in [0.1, 0.15) is 106 Å². The maximum atomic E-state index is 12.8. The van der Waals surface area contributed by atoms with Crippen LogP contribution >= 0.6 is 0 Å². The second kappa shape index (κ2) is 7.11. The quantitative estimate of drug-likeness (QED) is 0.436. The first kappa shape index (κ1) is 23.9. The molecule has 0 spiro atoms. The van der Waals surface area contributed by atoms with Crippen molar-refractivity contribution >= 4 is 5.97 Å². The molecule has 0 aromatic rings. The molecule has 0 radical (unpaired) electrons. The lowest BCUT2D eigenvalue weighted by Gasteiger charge is -2.72. The molecule has 0 aromatic heterocycles. The second-order valence-corrected chi connectivity index (χ2v) is 14.5. The van der Waals surface area contributed by atoms with E-state index in [4.69, 9.17) is 0 Å². The third kappa shape index (κ3) is 2.75. The molecule has 33 heavy (non-hydrogen) atoms. The average molecular weight is 457 g/mol. The first-order valence-corrected chi connectivity index (χ1v) is 13.8. The molecule has 5 aliphatic carbocycles. The minimum absolute atomic E-state index is 0.0202. The van der Waals surface area contributed by atoms with Gasteiger partial charge in [0.05, 0.1) is 11.5 Å². The Morgan fingerprint density at radius 1 is 0.818 bits per heavy atom. The lowest BCUT2D eigenvalue weighted by atomic mass is 9.32. The SMILES string of the molecule is C=C(C)[C@H]1CC[C@]2(C(=O)O)CC[C@]3(C)[C@H](CC[C@H]4[C@@]5(C)CC[C@@H](O)C(C)(C)[C@@H]5CC[C@]43C)[C@@H]12. The number of rotatable bonds is 2. The highest BCUT2D eigenvalue weighted by Gasteiger charge is 2.71. The summed E-state index contributed by atoms with van der Waals surface area (Å²) in [5.74, 6) is 1.79. The Labute approximate surface area is 201 Å². The highest BCUT2D eigenvalue weighted by Crippen LogP contribution is 2.77. The minimum atomic E-state index is -0.538. The van der Waals surface area contributed by atoms with Gasteiger partial charge in [0, 0.05) is 0 Å². The van der Waals surface area contributed by atoms with Crippen molar-refractivity contribution in [1.29, 1.82) is 0 Å². The van der Waals surface area contributed by atoms with E-state index in [9.17, 15) is 15.0 Å². The Morgan fingerprint density at radius 2 is 1.52 bits per heavy atom. The first-order chi connectivity index (χ1) is 15.3. The lowest BCUT2D eigenvalue weighted by molar-refractivity contribution is -0.248. The third-order valence-corrected chi connectivity index (χ3v) is 13.5. The van der Waals surface area contributed by atoms with Crippen LogP contribution in [0.25, 0.3) is 0 Å². The van der Waals surface area contributed by atoms with E-state index >= 15 is 0 Å². The molecule has 3 nitrogen and oxygen atoms in total. The Kier molecular flexibility index (Phi) is 5.15. The van der Waals surface area contributed by atoms with Gasteiger partial charge in [-0.3, -0.25) is 4.79 Å². The van der Waals surface area contributed by atoms with E-state index in [1.165, 1.54) is 31.3 Å². The van der Waals surface area contributed by atoms with Gasteiger partial charge in [-0.25, -0.2) is 0 Å². The predicted molar refractivity (Wildman–Crippen MR) is 133 cm³/mol. The summed E-state index contributed by atoms with van der Waals surface area (Å²) in [4.78, 5) is 12.8. The molecule has 0 aliphatic heterocycles. The summed E-state index contributed by atoms with van der Waals surface area (Å²) in [7, 11) is 0. The number of hydrogen-bond donors (Lipinski definition) is 2. The average Bonchev–Trinajstić information content (AvgIpc) is 3.13. The van der Waals surface area contributed by atoms with Crippen LogP contribution in [0.5, 0.6) is 0 Å². The summed E-state index contributed by atoms with van der Waals surface area (Å²) in [5.41, 5.74) is 1.35. The smallest absolute Gasteiger partial charge is 0.309 e. The summed E-state index contributed by atoms with van der Waals surface area (Å²) in [6, 6.07) is 0. The zero-order valence-corrected chi connectivity index (χ0v) is 22.0. The molecule has 5 saturated carbocycles. The fraction of sp³-hybridized carbons (Fsp3) is 0.900. The number of aliphatic hydroxyl groups excluding tert-OH is 1. The van der Waals surface area contributed by atoms with Crippen molar-refractivity contribution in [1.82, 2.24) is 0 Å². The summed E-state index contributed by atoms with van der Waals surface area (Å²) >= 11 is 0. The van der Waals surface area contributed by atoms with Crippen LogP contribution in [0.4, 0.5) is 0 Å². The Balaban J connectivity index is 1.57. The number of hydrogen-bond acceptors (Lipinski definition) is 2. The van der Waals surface area contributed by atoms with Gasteiger partial charge in [-0.1, -0.05) is 46.8 Å². The molecule has 0 heterocycles. The molecule has 3 heteroatoms. The van der Waals surface area contributed by atoms with Gasteiger partial charge < -0.3 is 10.2 Å². The van der Waals surface area contributed by atoms with Gasteiger partial charge in [0.2, 0.25) is 0 Å². The van der Waals surface area contributed by atoms with E-state index in [2.05, 4.69) is 48.1 Å². The number of carbonyl (C=O) groups is 1. The van der Waals surface area contributed by atoms with Crippen LogP contribution in [0.2, 0.25) is 0 Å². The summed E-state index contributed by atoms with van der Waals surface area (Å²) < 4.78 is 0. The summed E-state index contributed by atoms with van der Waals surface area (Å²) in [6.07, 6.45) is 10.5. The summed E-state index contributed by atoms with van der Waals surface area (Å²) in [6.45, 7) is 18.8. The highest BCUT2D eigenvalue weighted by molar-refractivity contribution is 5.76. The maximum absolute atomic E-state index is 12.8. The number of aliphatic carboxylic acids is 1. The number of aliphatic hydroxyl groups is 1. The van der Waals surface area contributed by atoms with Gasteiger partial charge in [0.25, 0.3) is 0 Å². The van der Waals surface area contributed by atoms with Gasteiger partial charge in [0.1, 0.15) is 0 Å². The Morgan fingerprint density at radius 3 is 2.15 bits per heavy atom. The Hall–Kier alpha value is -0.830. The van der Waals surface area contributed by atoms with Crippen LogP contribution in [-0.2, 0) is 4.79 Å². The van der Waals surface area contributed by atoms with Crippen molar-refractivity contribution in [3.8, 4) is 0 Å². The molecule has 0 bridgehead atoms. The van der Waals surface area contributed by atoms with Crippen LogP contribution in [0.3, 0.4) is 0 Å². The molecule has 5 fully saturated rings. The highest BCUT2D eigenvalue weighted by atomic mass is 16.4. The van der Waals surface area contributed by atoms with Crippen LogP contribution < -0.4 is 0 Å². The second-order valence-electron chi connectivity index (χ2n) is 14.5. The van der Waals surface area contributed by atoms with Gasteiger partial charge in [-0.2, -0.15) is 0 Å². The van der Waals surface area contributed by atoms with Crippen LogP contribution in [-0.4, -0.2) is 22.3 Å². The standard InChI is InChI=1S/C30H48O3/c1-18(2)19-10-15-30(25(32)33)17-16-28(6)20(24(19)30)8-9-22-27(5)13-12-23(31)26(3,4)21(27)11-14-29(22,28)7/h19-24,31H,1,8-17H2,2-7H3,(H,32,33)/t19-,20-,21+,22+,23-,24-,27+,28-,29-,30+/m1/s1. The molecule has 2 N–H and O–H groups in total. The van der Waals surface area contributed by atoms with Gasteiger partial charge >= 0.3 is 5.97 Å². The number of allylic oxidation sites excluding steroid dienone is 1. The topological polar surface area (TPSA) is 57.5 Å². The van der Waals surface area contributed by atoms with Crippen molar-refractivity contribution < 1.29 is 15.0 Å². The van der Waals surface area contributed by atoms with E-state index in [0.717, 1.165) is 38.5 Å². The predicted octanol–water partition coefficient (Wildman–Crippen LogP) is 7.09. The molecule has 10 atom stereocenters. The van der Waals surface area contributed by atoms with Gasteiger partial charge in [-0.05, 0) is 122 Å². The van der Waals surface area contributed by atoms with Gasteiger partial charge in [0.15, 0.2) is 0 Å². The number of carboxylic acids is 1. The molecule has 0 saturated heterocycles. The molecule has 0 aromatic carbocycles.